The normalized spacial score (nSPS) is 11.0. The number of nitrogens with one attached hydrogen (secondary N) is 1. The van der Waals surface area contributed by atoms with Crippen molar-refractivity contribution in [3.63, 3.8) is 0 Å². The summed E-state index contributed by atoms with van der Waals surface area (Å²) in [7, 11) is 3.16. The fourth-order valence-electron chi connectivity index (χ4n) is 2.37. The van der Waals surface area contributed by atoms with Gasteiger partial charge in [0, 0.05) is 25.1 Å². The molecule has 30 heavy (non-hydrogen) atoms. The van der Waals surface area contributed by atoms with Crippen molar-refractivity contribution < 1.29 is 19.2 Å². The number of ether oxygens (including phenoxy) is 1. The summed E-state index contributed by atoms with van der Waals surface area (Å²) < 4.78 is 5.23. The van der Waals surface area contributed by atoms with Gasteiger partial charge in [0.05, 0.1) is 26.1 Å². The van der Waals surface area contributed by atoms with Crippen molar-refractivity contribution in [1.82, 2.24) is 4.90 Å². The smallest absolute Gasteiger partial charge is 0.412 e. The minimum atomic E-state index is -0.716. The van der Waals surface area contributed by atoms with E-state index in [-0.39, 0.29) is 27.9 Å². The predicted octanol–water partition coefficient (Wildman–Crippen LogP) is 5.45. The molecule has 0 bridgehead atoms. The molecule has 1 N–H and O–H groups in total. The molecule has 2 amide bonds. The summed E-state index contributed by atoms with van der Waals surface area (Å²) in [4.78, 5) is 37.8. The third-order valence-corrected chi connectivity index (χ3v) is 5.06. The van der Waals surface area contributed by atoms with Crippen molar-refractivity contribution >= 4 is 46.7 Å². The topological polar surface area (TPSA) is 102 Å². The minimum Gasteiger partial charge on any atom is -0.444 e. The van der Waals surface area contributed by atoms with Gasteiger partial charge in [0.25, 0.3) is 11.6 Å². The summed E-state index contributed by atoms with van der Waals surface area (Å²) in [5, 5.41) is 14.0. The Kier molecular flexibility index (Phi) is 7.33. The number of nitrogens with zero attached hydrogens (tertiary/aromatic N) is 2. The highest BCUT2D eigenvalue weighted by atomic mass is 35.5. The standard InChI is InChI=1S/C20H22ClN3O5S/c1-20(2,3)29-19(26)22-14-10-12(18(25)23(4)5)17(11-13(14)21)30-16-9-7-6-8-15(16)24(27)28/h6-11H,1-5H3,(H,22,26). The van der Waals surface area contributed by atoms with E-state index in [1.54, 1.807) is 53.1 Å². The molecule has 0 unspecified atom stereocenters. The lowest BCUT2D eigenvalue weighted by atomic mass is 10.1. The van der Waals surface area contributed by atoms with Gasteiger partial charge in [-0.05, 0) is 39.0 Å². The molecule has 0 fully saturated rings. The number of rotatable bonds is 5. The highest BCUT2D eigenvalue weighted by molar-refractivity contribution is 7.99. The van der Waals surface area contributed by atoms with Gasteiger partial charge in [0.15, 0.2) is 0 Å². The molecule has 0 saturated carbocycles. The summed E-state index contributed by atoms with van der Waals surface area (Å²) in [6.45, 7) is 5.17. The Morgan fingerprint density at radius 1 is 1.17 bits per heavy atom. The summed E-state index contributed by atoms with van der Waals surface area (Å²) in [5.41, 5.74) is -0.361. The van der Waals surface area contributed by atoms with Crippen molar-refractivity contribution in [3.8, 4) is 0 Å². The van der Waals surface area contributed by atoms with E-state index in [1.807, 2.05) is 0 Å². The Morgan fingerprint density at radius 3 is 2.37 bits per heavy atom. The van der Waals surface area contributed by atoms with Crippen LogP contribution in [0.1, 0.15) is 31.1 Å². The highest BCUT2D eigenvalue weighted by Gasteiger charge is 2.23. The fourth-order valence-corrected chi connectivity index (χ4v) is 3.71. The second kappa shape index (κ2) is 9.36. The molecule has 0 heterocycles. The number of hydrogen-bond acceptors (Lipinski definition) is 6. The van der Waals surface area contributed by atoms with Gasteiger partial charge in [-0.3, -0.25) is 20.2 Å². The molecule has 0 spiro atoms. The van der Waals surface area contributed by atoms with Crippen molar-refractivity contribution in [3.05, 3.63) is 57.1 Å². The molecule has 0 aromatic heterocycles. The quantitative estimate of drug-likeness (QED) is 0.479. The number of anilines is 1. The van der Waals surface area contributed by atoms with Crippen LogP contribution in [0.15, 0.2) is 46.2 Å². The number of carbonyl (C=O) groups is 2. The lowest BCUT2D eigenvalue weighted by Gasteiger charge is -2.21. The predicted molar refractivity (Wildman–Crippen MR) is 117 cm³/mol. The van der Waals surface area contributed by atoms with E-state index in [9.17, 15) is 19.7 Å². The second-order valence-electron chi connectivity index (χ2n) is 7.48. The van der Waals surface area contributed by atoms with Crippen LogP contribution in [-0.2, 0) is 4.74 Å². The molecular formula is C20H22ClN3O5S. The third kappa shape index (κ3) is 6.11. The van der Waals surface area contributed by atoms with E-state index >= 15 is 0 Å². The van der Waals surface area contributed by atoms with E-state index < -0.39 is 16.6 Å². The zero-order valence-corrected chi connectivity index (χ0v) is 18.8. The number of nitro groups is 1. The van der Waals surface area contributed by atoms with Gasteiger partial charge in [0.2, 0.25) is 0 Å². The number of para-hydroxylation sites is 1. The van der Waals surface area contributed by atoms with E-state index in [4.69, 9.17) is 16.3 Å². The van der Waals surface area contributed by atoms with E-state index in [1.165, 1.54) is 23.1 Å². The number of hydrogen-bond donors (Lipinski definition) is 1. The van der Waals surface area contributed by atoms with E-state index in [0.29, 0.717) is 9.79 Å². The van der Waals surface area contributed by atoms with Crippen LogP contribution < -0.4 is 5.32 Å². The maximum atomic E-state index is 12.7. The van der Waals surface area contributed by atoms with Gasteiger partial charge in [-0.15, -0.1) is 0 Å². The maximum Gasteiger partial charge on any atom is 0.412 e. The highest BCUT2D eigenvalue weighted by Crippen LogP contribution is 2.40. The van der Waals surface area contributed by atoms with Gasteiger partial charge in [-0.2, -0.15) is 0 Å². The third-order valence-electron chi connectivity index (χ3n) is 3.62. The first-order chi connectivity index (χ1) is 13.9. The van der Waals surface area contributed by atoms with Crippen molar-refractivity contribution in [2.45, 2.75) is 36.2 Å². The van der Waals surface area contributed by atoms with Crippen LogP contribution >= 0.6 is 23.4 Å². The Hall–Kier alpha value is -2.78. The first-order valence-electron chi connectivity index (χ1n) is 8.85. The van der Waals surface area contributed by atoms with Crippen molar-refractivity contribution in [1.29, 1.82) is 0 Å². The van der Waals surface area contributed by atoms with Gasteiger partial charge in [0.1, 0.15) is 5.60 Å². The number of nitro benzene ring substituents is 1. The number of benzene rings is 2. The van der Waals surface area contributed by atoms with Crippen LogP contribution in [0.2, 0.25) is 5.02 Å². The monoisotopic (exact) mass is 451 g/mol. The van der Waals surface area contributed by atoms with Gasteiger partial charge < -0.3 is 9.64 Å². The molecule has 2 aromatic carbocycles. The Bertz CT molecular complexity index is 989. The van der Waals surface area contributed by atoms with Crippen LogP contribution in [0, 0.1) is 10.1 Å². The Balaban J connectivity index is 2.48. The van der Waals surface area contributed by atoms with Gasteiger partial charge in [-0.1, -0.05) is 35.5 Å². The summed E-state index contributed by atoms with van der Waals surface area (Å²) in [6.07, 6.45) is -0.716. The second-order valence-corrected chi connectivity index (χ2v) is 8.97. The van der Waals surface area contributed by atoms with Crippen LogP contribution in [0.3, 0.4) is 0 Å². The summed E-state index contributed by atoms with van der Waals surface area (Å²) >= 11 is 7.38. The Labute approximate surface area is 183 Å². The molecule has 2 rings (SSSR count). The lowest BCUT2D eigenvalue weighted by molar-refractivity contribution is -0.387. The molecular weight excluding hydrogens is 430 g/mol. The molecule has 0 aliphatic carbocycles. The molecule has 2 aromatic rings. The van der Waals surface area contributed by atoms with Gasteiger partial charge >= 0.3 is 6.09 Å². The molecule has 160 valence electrons. The Morgan fingerprint density at radius 2 is 1.80 bits per heavy atom. The molecule has 8 nitrogen and oxygen atoms in total. The molecule has 0 radical (unpaired) electrons. The molecule has 10 heteroatoms. The number of carbonyl (C=O) groups excluding carboxylic acids is 2. The van der Waals surface area contributed by atoms with Crippen LogP contribution in [0.25, 0.3) is 0 Å². The first kappa shape index (κ1) is 23.5. The van der Waals surface area contributed by atoms with Gasteiger partial charge in [-0.25, -0.2) is 4.79 Å². The summed E-state index contributed by atoms with van der Waals surface area (Å²) in [6, 6.07) is 9.14. The van der Waals surface area contributed by atoms with Crippen LogP contribution in [-0.4, -0.2) is 41.5 Å². The molecule has 0 aliphatic rings. The minimum absolute atomic E-state index is 0.0853. The molecule has 0 aliphatic heterocycles. The number of amides is 2. The van der Waals surface area contributed by atoms with Crippen LogP contribution in [0.4, 0.5) is 16.2 Å². The van der Waals surface area contributed by atoms with Crippen LogP contribution in [0.5, 0.6) is 0 Å². The summed E-state index contributed by atoms with van der Waals surface area (Å²) in [5.74, 6) is -0.347. The average molecular weight is 452 g/mol. The zero-order valence-electron chi connectivity index (χ0n) is 17.2. The largest absolute Gasteiger partial charge is 0.444 e. The SMILES string of the molecule is CN(C)C(=O)c1cc(NC(=O)OC(C)(C)C)c(Cl)cc1Sc1ccccc1[N+](=O)[O-]. The zero-order chi connectivity index (χ0) is 22.6. The van der Waals surface area contributed by atoms with E-state index in [2.05, 4.69) is 5.32 Å². The van der Waals surface area contributed by atoms with E-state index in [0.717, 1.165) is 11.8 Å². The first-order valence-corrected chi connectivity index (χ1v) is 10.0. The average Bonchev–Trinajstić information content (AvgIpc) is 2.62. The fraction of sp³-hybridized carbons (Fsp3) is 0.300. The maximum absolute atomic E-state index is 12.7. The van der Waals surface area contributed by atoms with Crippen molar-refractivity contribution in [2.75, 3.05) is 19.4 Å². The lowest BCUT2D eigenvalue weighted by Crippen LogP contribution is -2.27. The molecule has 0 atom stereocenters. The van der Waals surface area contributed by atoms with Crippen molar-refractivity contribution in [2.24, 2.45) is 0 Å². The molecule has 0 saturated heterocycles. The number of halogens is 1.